The van der Waals surface area contributed by atoms with Crippen LogP contribution in [0.4, 0.5) is 0 Å². The van der Waals surface area contributed by atoms with Gasteiger partial charge in [0.25, 0.3) is 0 Å². The molecule has 0 aromatic heterocycles. The zero-order valence-corrected chi connectivity index (χ0v) is 7.32. The van der Waals surface area contributed by atoms with Crippen LogP contribution in [-0.4, -0.2) is 18.5 Å². The van der Waals surface area contributed by atoms with Crippen molar-refractivity contribution < 1.29 is 0 Å². The normalized spacial score (nSPS) is 21.0. The Hall–Kier alpha value is 0.250. The molecule has 1 aliphatic rings. The van der Waals surface area contributed by atoms with Gasteiger partial charge in [-0.05, 0) is 25.8 Å². The molecule has 2 heteroatoms. The van der Waals surface area contributed by atoms with E-state index in [9.17, 15) is 0 Å². The second kappa shape index (κ2) is 4.20. The van der Waals surface area contributed by atoms with E-state index in [1.165, 1.54) is 19.3 Å². The van der Waals surface area contributed by atoms with Crippen LogP contribution in [0, 0.1) is 5.92 Å². The van der Waals surface area contributed by atoms with Crippen LogP contribution in [0.5, 0.6) is 0 Å². The lowest BCUT2D eigenvalue weighted by Crippen LogP contribution is -2.22. The molecule has 0 aromatic carbocycles. The maximum absolute atomic E-state index is 5.75. The summed E-state index contributed by atoms with van der Waals surface area (Å²) in [5.41, 5.74) is 0. The molecular formula is C8H16ClN. The number of hydrogen-bond acceptors (Lipinski definition) is 1. The molecule has 0 aliphatic heterocycles. The van der Waals surface area contributed by atoms with Crippen molar-refractivity contribution in [3.8, 4) is 0 Å². The minimum Gasteiger partial charge on any atom is -0.315 e. The molecule has 1 unspecified atom stereocenters. The zero-order valence-electron chi connectivity index (χ0n) is 6.57. The molecule has 1 rings (SSSR count). The first-order chi connectivity index (χ1) is 4.79. The quantitative estimate of drug-likeness (QED) is 0.481. The smallest absolute Gasteiger partial charge is 0.0432 e. The van der Waals surface area contributed by atoms with E-state index in [1.807, 2.05) is 6.92 Å². The van der Waals surface area contributed by atoms with Crippen molar-refractivity contribution >= 4 is 11.6 Å². The first-order valence-electron chi connectivity index (χ1n) is 4.14. The summed E-state index contributed by atoms with van der Waals surface area (Å²) in [6.45, 7) is 4.13. The highest BCUT2D eigenvalue weighted by atomic mass is 35.5. The van der Waals surface area contributed by atoms with E-state index >= 15 is 0 Å². The maximum atomic E-state index is 5.75. The largest absolute Gasteiger partial charge is 0.315 e. The minimum absolute atomic E-state index is 0.277. The fourth-order valence-electron chi connectivity index (χ4n) is 1.01. The Balaban J connectivity index is 1.76. The third kappa shape index (κ3) is 4.13. The molecule has 1 fully saturated rings. The summed E-state index contributed by atoms with van der Waals surface area (Å²) in [6.07, 6.45) is 4.26. The van der Waals surface area contributed by atoms with Crippen molar-refractivity contribution in [2.24, 2.45) is 5.92 Å². The van der Waals surface area contributed by atoms with E-state index in [2.05, 4.69) is 5.32 Å². The van der Waals surface area contributed by atoms with E-state index in [-0.39, 0.29) is 5.38 Å². The first-order valence-corrected chi connectivity index (χ1v) is 4.57. The van der Waals surface area contributed by atoms with Crippen LogP contribution >= 0.6 is 11.6 Å². The van der Waals surface area contributed by atoms with Crippen molar-refractivity contribution in [1.29, 1.82) is 0 Å². The van der Waals surface area contributed by atoms with Crippen LogP contribution in [0.15, 0.2) is 0 Å². The molecule has 1 N–H and O–H groups in total. The van der Waals surface area contributed by atoms with E-state index in [0.29, 0.717) is 0 Å². The molecule has 0 heterocycles. The lowest BCUT2D eigenvalue weighted by Gasteiger charge is -2.04. The third-order valence-corrected chi connectivity index (χ3v) is 2.01. The fraction of sp³-hybridized carbons (Fsp3) is 1.00. The summed E-state index contributed by atoms with van der Waals surface area (Å²) >= 11 is 5.75. The van der Waals surface area contributed by atoms with Crippen LogP contribution < -0.4 is 5.32 Å². The third-order valence-electron chi connectivity index (χ3n) is 1.85. The van der Waals surface area contributed by atoms with Crippen molar-refractivity contribution in [3.05, 3.63) is 0 Å². The topological polar surface area (TPSA) is 12.0 Å². The Kier molecular flexibility index (Phi) is 3.50. The minimum atomic E-state index is 0.277. The summed E-state index contributed by atoms with van der Waals surface area (Å²) in [5, 5.41) is 3.60. The highest BCUT2D eigenvalue weighted by Crippen LogP contribution is 2.31. The van der Waals surface area contributed by atoms with Gasteiger partial charge in [-0.2, -0.15) is 0 Å². The van der Waals surface area contributed by atoms with E-state index in [1.54, 1.807) is 0 Å². The van der Waals surface area contributed by atoms with Gasteiger partial charge in [0.05, 0.1) is 0 Å². The second-order valence-electron chi connectivity index (χ2n) is 3.22. The highest BCUT2D eigenvalue weighted by molar-refractivity contribution is 6.20. The van der Waals surface area contributed by atoms with Crippen LogP contribution in [-0.2, 0) is 0 Å². The average molecular weight is 162 g/mol. The van der Waals surface area contributed by atoms with Crippen LogP contribution in [0.3, 0.4) is 0 Å². The maximum Gasteiger partial charge on any atom is 0.0432 e. The summed E-state index contributed by atoms with van der Waals surface area (Å²) in [7, 11) is 0. The zero-order chi connectivity index (χ0) is 7.40. The van der Waals surface area contributed by atoms with Crippen LogP contribution in [0.2, 0.25) is 0 Å². The lowest BCUT2D eigenvalue weighted by atomic mass is 10.3. The van der Waals surface area contributed by atoms with Gasteiger partial charge in [-0.3, -0.25) is 0 Å². The Morgan fingerprint density at radius 1 is 1.60 bits per heavy atom. The number of alkyl halides is 1. The first kappa shape index (κ1) is 8.35. The van der Waals surface area contributed by atoms with Gasteiger partial charge >= 0.3 is 0 Å². The Labute approximate surface area is 68.1 Å². The molecule has 1 saturated carbocycles. The van der Waals surface area contributed by atoms with E-state index in [4.69, 9.17) is 11.6 Å². The van der Waals surface area contributed by atoms with Crippen molar-refractivity contribution in [1.82, 2.24) is 5.32 Å². The second-order valence-corrected chi connectivity index (χ2v) is 3.96. The van der Waals surface area contributed by atoms with Crippen LogP contribution in [0.25, 0.3) is 0 Å². The SMILES string of the molecule is CC(Cl)CNCCC1CC1. The average Bonchev–Trinajstić information content (AvgIpc) is 2.62. The molecule has 1 nitrogen and oxygen atoms in total. The van der Waals surface area contributed by atoms with Gasteiger partial charge in [0, 0.05) is 11.9 Å². The summed E-state index contributed by atoms with van der Waals surface area (Å²) < 4.78 is 0. The molecule has 0 amide bonds. The predicted molar refractivity (Wildman–Crippen MR) is 45.5 cm³/mol. The number of hydrogen-bond donors (Lipinski definition) is 1. The Morgan fingerprint density at radius 2 is 2.30 bits per heavy atom. The molecule has 0 spiro atoms. The Bertz CT molecular complexity index is 85.3. The van der Waals surface area contributed by atoms with Gasteiger partial charge in [-0.1, -0.05) is 12.8 Å². The molecule has 1 aliphatic carbocycles. The molecule has 10 heavy (non-hydrogen) atoms. The number of halogens is 1. The summed E-state index contributed by atoms with van der Waals surface area (Å²) in [4.78, 5) is 0. The van der Waals surface area contributed by atoms with Crippen molar-refractivity contribution in [2.75, 3.05) is 13.1 Å². The predicted octanol–water partition coefficient (Wildman–Crippen LogP) is 2.00. The Morgan fingerprint density at radius 3 is 2.80 bits per heavy atom. The molecule has 0 bridgehead atoms. The monoisotopic (exact) mass is 161 g/mol. The van der Waals surface area contributed by atoms with Gasteiger partial charge in [0.2, 0.25) is 0 Å². The molecule has 0 aromatic rings. The van der Waals surface area contributed by atoms with Crippen molar-refractivity contribution in [2.45, 2.75) is 31.6 Å². The highest BCUT2D eigenvalue weighted by Gasteiger charge is 2.19. The summed E-state index contributed by atoms with van der Waals surface area (Å²) in [5.74, 6) is 1.04. The van der Waals surface area contributed by atoms with Crippen LogP contribution in [0.1, 0.15) is 26.2 Å². The molecule has 60 valence electrons. The van der Waals surface area contributed by atoms with Gasteiger partial charge in [0.1, 0.15) is 0 Å². The molecular weight excluding hydrogens is 146 g/mol. The standard InChI is InChI=1S/C8H16ClN/c1-7(9)6-10-5-4-8-2-3-8/h7-8,10H,2-6H2,1H3. The molecule has 1 atom stereocenters. The van der Waals surface area contributed by atoms with E-state index in [0.717, 1.165) is 19.0 Å². The van der Waals surface area contributed by atoms with Gasteiger partial charge in [-0.15, -0.1) is 11.6 Å². The molecule has 0 saturated heterocycles. The van der Waals surface area contributed by atoms with Crippen molar-refractivity contribution in [3.63, 3.8) is 0 Å². The number of nitrogens with one attached hydrogen (secondary N) is 1. The fourth-order valence-corrected chi connectivity index (χ4v) is 1.12. The molecule has 0 radical (unpaired) electrons. The van der Waals surface area contributed by atoms with E-state index < -0.39 is 0 Å². The van der Waals surface area contributed by atoms with Gasteiger partial charge < -0.3 is 5.32 Å². The van der Waals surface area contributed by atoms with Gasteiger partial charge in [0.15, 0.2) is 0 Å². The number of rotatable bonds is 5. The summed E-state index contributed by atoms with van der Waals surface area (Å²) in [6, 6.07) is 0. The van der Waals surface area contributed by atoms with Gasteiger partial charge in [-0.25, -0.2) is 0 Å². The lowest BCUT2D eigenvalue weighted by molar-refractivity contribution is 0.610.